The van der Waals surface area contributed by atoms with E-state index in [0.717, 1.165) is 37.5 Å². The summed E-state index contributed by atoms with van der Waals surface area (Å²) in [7, 11) is 1.77. The van der Waals surface area contributed by atoms with E-state index in [4.69, 9.17) is 9.47 Å². The predicted octanol–water partition coefficient (Wildman–Crippen LogP) is 2.72. The van der Waals surface area contributed by atoms with Crippen LogP contribution in [0, 0.1) is 0 Å². The van der Waals surface area contributed by atoms with Crippen LogP contribution in [0.1, 0.15) is 39.2 Å². The largest absolute Gasteiger partial charge is 0.475 e. The fraction of sp³-hybridized carbons (Fsp3) is 0.647. The van der Waals surface area contributed by atoms with Crippen molar-refractivity contribution >= 4 is 29.9 Å². The third kappa shape index (κ3) is 6.80. The molecule has 0 spiro atoms. The Balaban J connectivity index is 0.00000288. The minimum absolute atomic E-state index is 0. The molecule has 1 saturated heterocycles. The minimum atomic E-state index is -0.0883. The van der Waals surface area contributed by atoms with Crippen LogP contribution in [-0.2, 0) is 11.3 Å². The van der Waals surface area contributed by atoms with Crippen LogP contribution in [0.4, 0.5) is 0 Å². The highest BCUT2D eigenvalue weighted by atomic mass is 127. The van der Waals surface area contributed by atoms with Crippen molar-refractivity contribution in [3.8, 4) is 5.88 Å². The van der Waals surface area contributed by atoms with Crippen molar-refractivity contribution in [3.63, 3.8) is 0 Å². The molecule has 6 nitrogen and oxygen atoms in total. The van der Waals surface area contributed by atoms with Crippen LogP contribution >= 0.6 is 24.0 Å². The molecule has 0 aromatic carbocycles. The molecule has 1 aromatic rings. The molecule has 1 aromatic heterocycles. The maximum absolute atomic E-state index is 5.77. The molecule has 1 atom stereocenters. The maximum atomic E-state index is 5.77. The Hall–Kier alpha value is -1.09. The predicted molar refractivity (Wildman–Crippen MR) is 107 cm³/mol. The maximum Gasteiger partial charge on any atom is 0.213 e. The van der Waals surface area contributed by atoms with Gasteiger partial charge in [0.15, 0.2) is 5.96 Å². The van der Waals surface area contributed by atoms with Crippen molar-refractivity contribution in [2.75, 3.05) is 20.2 Å². The molecular formula is C17H29IN4O2. The van der Waals surface area contributed by atoms with Gasteiger partial charge < -0.3 is 20.1 Å². The highest BCUT2D eigenvalue weighted by Gasteiger charge is 2.29. The molecule has 7 heteroatoms. The van der Waals surface area contributed by atoms with E-state index in [-0.39, 0.29) is 35.7 Å². The van der Waals surface area contributed by atoms with Crippen molar-refractivity contribution in [1.82, 2.24) is 15.6 Å². The van der Waals surface area contributed by atoms with Crippen LogP contribution < -0.4 is 15.4 Å². The molecule has 1 fully saturated rings. The average Bonchev–Trinajstić information content (AvgIpc) is 2.95. The van der Waals surface area contributed by atoms with E-state index in [2.05, 4.69) is 27.5 Å². The Morgan fingerprint density at radius 2 is 2.21 bits per heavy atom. The summed E-state index contributed by atoms with van der Waals surface area (Å²) in [4.78, 5) is 8.55. The molecule has 2 N–H and O–H groups in total. The van der Waals surface area contributed by atoms with Gasteiger partial charge in [-0.05, 0) is 39.2 Å². The van der Waals surface area contributed by atoms with Crippen molar-refractivity contribution in [1.29, 1.82) is 0 Å². The van der Waals surface area contributed by atoms with Crippen LogP contribution in [0.5, 0.6) is 5.88 Å². The van der Waals surface area contributed by atoms with Gasteiger partial charge in [-0.15, -0.1) is 24.0 Å². The first kappa shape index (κ1) is 21.0. The van der Waals surface area contributed by atoms with Crippen molar-refractivity contribution in [3.05, 3.63) is 23.9 Å². The average molecular weight is 448 g/mol. The van der Waals surface area contributed by atoms with Gasteiger partial charge in [0, 0.05) is 39.0 Å². The van der Waals surface area contributed by atoms with Crippen LogP contribution in [-0.4, -0.2) is 42.8 Å². The molecule has 1 aliphatic rings. The highest BCUT2D eigenvalue weighted by molar-refractivity contribution is 14.0. The summed E-state index contributed by atoms with van der Waals surface area (Å²) in [6, 6.07) is 3.90. The lowest BCUT2D eigenvalue weighted by atomic mass is 10.0. The van der Waals surface area contributed by atoms with E-state index in [1.165, 1.54) is 0 Å². The van der Waals surface area contributed by atoms with Crippen LogP contribution in [0.15, 0.2) is 23.3 Å². The normalized spacial score (nSPS) is 20.6. The summed E-state index contributed by atoms with van der Waals surface area (Å²) < 4.78 is 11.3. The van der Waals surface area contributed by atoms with Crippen LogP contribution in [0.3, 0.4) is 0 Å². The molecule has 0 radical (unpaired) electrons. The van der Waals surface area contributed by atoms with Gasteiger partial charge in [0.2, 0.25) is 5.88 Å². The third-order valence-electron chi connectivity index (χ3n) is 3.77. The lowest BCUT2D eigenvalue weighted by Crippen LogP contribution is -2.45. The highest BCUT2D eigenvalue weighted by Crippen LogP contribution is 2.23. The molecule has 1 unspecified atom stereocenters. The molecular weight excluding hydrogens is 419 g/mol. The number of hydrogen-bond donors (Lipinski definition) is 2. The number of nitrogens with one attached hydrogen (secondary N) is 2. The standard InChI is InChI=1S/C17H28N4O2.HI/c1-13(2)23-15-7-6-14(10-19-15)11-20-16(18-4)21-12-17(3)8-5-9-22-17;/h6-7,10,13H,5,8-9,11-12H2,1-4H3,(H2,18,20,21);1H. The summed E-state index contributed by atoms with van der Waals surface area (Å²) in [5.41, 5.74) is 0.988. The molecule has 136 valence electrons. The van der Waals surface area contributed by atoms with Crippen LogP contribution in [0.25, 0.3) is 0 Å². The summed E-state index contributed by atoms with van der Waals surface area (Å²) in [6.45, 7) is 8.37. The number of halogens is 1. The van der Waals surface area contributed by atoms with Gasteiger partial charge in [-0.1, -0.05) is 6.07 Å². The first-order valence-electron chi connectivity index (χ1n) is 8.21. The zero-order valence-electron chi connectivity index (χ0n) is 15.0. The summed E-state index contributed by atoms with van der Waals surface area (Å²) in [6.07, 6.45) is 4.16. The lowest BCUT2D eigenvalue weighted by Gasteiger charge is -2.24. The van der Waals surface area contributed by atoms with Gasteiger partial charge in [-0.25, -0.2) is 4.98 Å². The number of ether oxygens (including phenoxy) is 2. The number of nitrogens with zero attached hydrogens (tertiary/aromatic N) is 2. The summed E-state index contributed by atoms with van der Waals surface area (Å²) in [5.74, 6) is 1.42. The second-order valence-electron chi connectivity index (χ2n) is 6.35. The van der Waals surface area contributed by atoms with Gasteiger partial charge in [-0.3, -0.25) is 4.99 Å². The second kappa shape index (κ2) is 10.0. The SMILES string of the molecule is CN=C(NCc1ccc(OC(C)C)nc1)NCC1(C)CCCO1.I. The second-order valence-corrected chi connectivity index (χ2v) is 6.35. The molecule has 24 heavy (non-hydrogen) atoms. The summed E-state index contributed by atoms with van der Waals surface area (Å²) >= 11 is 0. The van der Waals surface area contributed by atoms with Gasteiger partial charge in [0.25, 0.3) is 0 Å². The fourth-order valence-electron chi connectivity index (χ4n) is 2.48. The molecule has 1 aliphatic heterocycles. The van der Waals surface area contributed by atoms with Gasteiger partial charge >= 0.3 is 0 Å². The zero-order chi connectivity index (χ0) is 16.7. The first-order chi connectivity index (χ1) is 11.0. The van der Waals surface area contributed by atoms with E-state index >= 15 is 0 Å². The van der Waals surface area contributed by atoms with E-state index in [1.807, 2.05) is 32.2 Å². The number of aromatic nitrogens is 1. The molecule has 2 rings (SSSR count). The molecule has 0 bridgehead atoms. The van der Waals surface area contributed by atoms with Gasteiger partial charge in [-0.2, -0.15) is 0 Å². The van der Waals surface area contributed by atoms with E-state index in [0.29, 0.717) is 12.4 Å². The number of pyridine rings is 1. The van der Waals surface area contributed by atoms with Gasteiger partial charge in [0.05, 0.1) is 11.7 Å². The van der Waals surface area contributed by atoms with E-state index in [1.54, 1.807) is 7.05 Å². The topological polar surface area (TPSA) is 67.8 Å². The van der Waals surface area contributed by atoms with Crippen molar-refractivity contribution in [2.24, 2.45) is 4.99 Å². The lowest BCUT2D eigenvalue weighted by molar-refractivity contribution is 0.0243. The summed E-state index contributed by atoms with van der Waals surface area (Å²) in [5, 5.41) is 6.62. The Kier molecular flexibility index (Phi) is 8.75. The Morgan fingerprint density at radius 3 is 2.75 bits per heavy atom. The molecule has 0 saturated carbocycles. The quantitative estimate of drug-likeness (QED) is 0.398. The van der Waals surface area contributed by atoms with E-state index < -0.39 is 0 Å². The number of rotatable bonds is 6. The molecule has 0 aliphatic carbocycles. The number of hydrogen-bond acceptors (Lipinski definition) is 4. The smallest absolute Gasteiger partial charge is 0.213 e. The monoisotopic (exact) mass is 448 g/mol. The van der Waals surface area contributed by atoms with E-state index in [9.17, 15) is 0 Å². The third-order valence-corrected chi connectivity index (χ3v) is 3.77. The van der Waals surface area contributed by atoms with Crippen molar-refractivity contribution < 1.29 is 9.47 Å². The first-order valence-corrected chi connectivity index (χ1v) is 8.21. The van der Waals surface area contributed by atoms with Crippen molar-refractivity contribution in [2.45, 2.75) is 51.9 Å². The zero-order valence-corrected chi connectivity index (χ0v) is 17.3. The van der Waals surface area contributed by atoms with Crippen LogP contribution in [0.2, 0.25) is 0 Å². The minimum Gasteiger partial charge on any atom is -0.475 e. The number of guanidine groups is 1. The Morgan fingerprint density at radius 1 is 1.42 bits per heavy atom. The number of aliphatic imine (C=N–C) groups is 1. The Bertz CT molecular complexity index is 514. The fourth-order valence-corrected chi connectivity index (χ4v) is 2.48. The Labute approximate surface area is 161 Å². The van der Waals surface area contributed by atoms with Gasteiger partial charge in [0.1, 0.15) is 0 Å². The molecule has 2 heterocycles. The molecule has 0 amide bonds.